The fourth-order valence-corrected chi connectivity index (χ4v) is 5.22. The van der Waals surface area contributed by atoms with Crippen molar-refractivity contribution in [2.45, 2.75) is 38.9 Å². The fourth-order valence-electron chi connectivity index (χ4n) is 5.22. The van der Waals surface area contributed by atoms with Gasteiger partial charge in [0.1, 0.15) is 12.4 Å². The van der Waals surface area contributed by atoms with Crippen molar-refractivity contribution in [2.24, 2.45) is 0 Å². The Labute approximate surface area is 221 Å². The van der Waals surface area contributed by atoms with Crippen LogP contribution in [0.4, 0.5) is 0 Å². The number of rotatable bonds is 6. The van der Waals surface area contributed by atoms with Crippen LogP contribution in [0.3, 0.4) is 0 Å². The van der Waals surface area contributed by atoms with Gasteiger partial charge >= 0.3 is 0 Å². The molecule has 4 rings (SSSR count). The molecule has 0 radical (unpaired) electrons. The Morgan fingerprint density at radius 2 is 1.97 bits per heavy atom. The normalized spacial score (nSPS) is 19.2. The van der Waals surface area contributed by atoms with Gasteiger partial charge in [-0.3, -0.25) is 9.69 Å². The van der Waals surface area contributed by atoms with Crippen LogP contribution in [-0.2, 0) is 17.8 Å². The number of ether oxygens (including phenoxy) is 4. The average molecular weight is 512 g/mol. The van der Waals surface area contributed by atoms with Crippen LogP contribution in [0.5, 0.6) is 17.2 Å². The molecule has 0 spiro atoms. The molecule has 2 heterocycles. The first-order valence-electron chi connectivity index (χ1n) is 13.3. The van der Waals surface area contributed by atoms with Gasteiger partial charge in [0, 0.05) is 48.9 Å². The molecule has 2 aromatic rings. The highest BCUT2D eigenvalue weighted by Gasteiger charge is 2.30. The summed E-state index contributed by atoms with van der Waals surface area (Å²) in [6, 6.07) is 12.1. The van der Waals surface area contributed by atoms with Crippen molar-refractivity contribution in [3.63, 3.8) is 0 Å². The minimum atomic E-state index is 0.0308. The summed E-state index contributed by atoms with van der Waals surface area (Å²) in [6.45, 7) is 7.57. The lowest BCUT2D eigenvalue weighted by atomic mass is 10.1. The predicted molar refractivity (Wildman–Crippen MR) is 144 cm³/mol. The van der Waals surface area contributed by atoms with Crippen LogP contribution < -0.4 is 14.2 Å². The van der Waals surface area contributed by atoms with Crippen molar-refractivity contribution in [3.05, 3.63) is 53.1 Å². The zero-order valence-electron chi connectivity index (χ0n) is 22.7. The number of benzene rings is 2. The van der Waals surface area contributed by atoms with Crippen molar-refractivity contribution in [1.82, 2.24) is 14.7 Å². The van der Waals surface area contributed by atoms with Crippen LogP contribution >= 0.6 is 0 Å². The van der Waals surface area contributed by atoms with Crippen LogP contribution in [0.1, 0.15) is 41.3 Å². The number of hydrogen-bond acceptors (Lipinski definition) is 7. The van der Waals surface area contributed by atoms with Crippen LogP contribution in [0.2, 0.25) is 0 Å². The highest BCUT2D eigenvalue weighted by atomic mass is 16.5. The Bertz CT molecular complexity index is 1040. The molecule has 0 aliphatic carbocycles. The van der Waals surface area contributed by atoms with Gasteiger partial charge in [-0.2, -0.15) is 0 Å². The standard InChI is InChI=1S/C29H41N3O5/c1-5-36-27-10-6-8-23-20-31-13-7-9-25(31)21-32(14-15-35-16-17-37-28(23)27)29(33)22-11-12-26(34-4)24(18-22)19-30(2)3/h6,8,10-12,18,25H,5,7,9,13-17,19-21H2,1-4H3/t25-/m0/s1. The number of carbonyl (C=O) groups excluding carboxylic acids is 1. The predicted octanol–water partition coefficient (Wildman–Crippen LogP) is 3.67. The van der Waals surface area contributed by atoms with Crippen LogP contribution in [-0.4, -0.2) is 93.9 Å². The van der Waals surface area contributed by atoms with Crippen LogP contribution in [0.15, 0.2) is 36.4 Å². The van der Waals surface area contributed by atoms with Gasteiger partial charge in [-0.15, -0.1) is 0 Å². The third-order valence-corrected chi connectivity index (χ3v) is 6.94. The minimum Gasteiger partial charge on any atom is -0.496 e. The summed E-state index contributed by atoms with van der Waals surface area (Å²) in [7, 11) is 5.69. The van der Waals surface area contributed by atoms with Crippen molar-refractivity contribution in [1.29, 1.82) is 0 Å². The molecule has 2 aliphatic rings. The largest absolute Gasteiger partial charge is 0.496 e. The molecule has 0 bridgehead atoms. The van der Waals surface area contributed by atoms with E-state index < -0.39 is 0 Å². The summed E-state index contributed by atoms with van der Waals surface area (Å²) in [4.78, 5) is 20.3. The fraction of sp³-hybridized carbons (Fsp3) is 0.552. The van der Waals surface area contributed by atoms with E-state index in [2.05, 4.69) is 15.9 Å². The number of methoxy groups -OCH3 is 1. The minimum absolute atomic E-state index is 0.0308. The van der Waals surface area contributed by atoms with Gasteiger partial charge < -0.3 is 28.7 Å². The maximum Gasteiger partial charge on any atom is 0.254 e. The summed E-state index contributed by atoms with van der Waals surface area (Å²) in [5.74, 6) is 2.40. The zero-order valence-corrected chi connectivity index (χ0v) is 22.7. The number of amides is 1. The third-order valence-electron chi connectivity index (χ3n) is 6.94. The molecule has 1 fully saturated rings. The van der Waals surface area contributed by atoms with Gasteiger partial charge in [0.2, 0.25) is 0 Å². The Hall–Kier alpha value is -2.81. The first-order valence-corrected chi connectivity index (χ1v) is 13.3. The SMILES string of the molecule is CCOc1cccc2c1OCCOCCN(C(=O)c1ccc(OC)c(CN(C)C)c1)C[C@@H]1CCCN1C2. The van der Waals surface area contributed by atoms with Crippen molar-refractivity contribution in [2.75, 3.05) is 67.3 Å². The van der Waals surface area contributed by atoms with Gasteiger partial charge in [-0.05, 0) is 64.7 Å². The first kappa shape index (κ1) is 27.2. The molecule has 37 heavy (non-hydrogen) atoms. The number of hydrogen-bond donors (Lipinski definition) is 0. The Morgan fingerprint density at radius 1 is 1.11 bits per heavy atom. The van der Waals surface area contributed by atoms with Crippen molar-refractivity contribution in [3.8, 4) is 17.2 Å². The number of para-hydroxylation sites is 1. The Kier molecular flexibility index (Phi) is 9.66. The maximum absolute atomic E-state index is 13.8. The molecule has 2 aliphatic heterocycles. The lowest BCUT2D eigenvalue weighted by molar-refractivity contribution is 0.0538. The van der Waals surface area contributed by atoms with E-state index >= 15 is 0 Å². The Balaban J connectivity index is 1.58. The third kappa shape index (κ3) is 6.94. The molecular weight excluding hydrogens is 470 g/mol. The molecule has 1 saturated heterocycles. The van der Waals surface area contributed by atoms with Gasteiger partial charge in [0.15, 0.2) is 11.5 Å². The van der Waals surface area contributed by atoms with E-state index in [1.54, 1.807) is 7.11 Å². The summed E-state index contributed by atoms with van der Waals surface area (Å²) in [6.07, 6.45) is 2.17. The second-order valence-electron chi connectivity index (χ2n) is 9.92. The quantitative estimate of drug-likeness (QED) is 0.586. The van der Waals surface area contributed by atoms with Crippen molar-refractivity contribution >= 4 is 5.91 Å². The summed E-state index contributed by atoms with van der Waals surface area (Å²) in [5, 5.41) is 0. The van der Waals surface area contributed by atoms with Crippen LogP contribution in [0, 0.1) is 0 Å². The molecule has 1 atom stereocenters. The smallest absolute Gasteiger partial charge is 0.254 e. The summed E-state index contributed by atoms with van der Waals surface area (Å²) >= 11 is 0. The van der Waals surface area contributed by atoms with Gasteiger partial charge in [0.25, 0.3) is 5.91 Å². The molecule has 202 valence electrons. The molecule has 8 heteroatoms. The Morgan fingerprint density at radius 3 is 2.76 bits per heavy atom. The molecule has 8 nitrogen and oxygen atoms in total. The van der Waals surface area contributed by atoms with E-state index in [4.69, 9.17) is 18.9 Å². The van der Waals surface area contributed by atoms with E-state index in [1.807, 2.05) is 56.3 Å². The van der Waals surface area contributed by atoms with E-state index in [0.29, 0.717) is 51.6 Å². The van der Waals surface area contributed by atoms with E-state index in [0.717, 1.165) is 54.3 Å². The zero-order chi connectivity index (χ0) is 26.2. The molecule has 1 amide bonds. The van der Waals surface area contributed by atoms with E-state index in [-0.39, 0.29) is 11.9 Å². The molecule has 0 aromatic heterocycles. The molecular formula is C29H41N3O5. The number of nitrogens with zero attached hydrogens (tertiary/aromatic N) is 3. The van der Waals surface area contributed by atoms with Gasteiger partial charge in [-0.25, -0.2) is 0 Å². The summed E-state index contributed by atoms with van der Waals surface area (Å²) in [5.41, 5.74) is 2.79. The second-order valence-corrected chi connectivity index (χ2v) is 9.92. The monoisotopic (exact) mass is 511 g/mol. The van der Waals surface area contributed by atoms with Gasteiger partial charge in [0.05, 0.1) is 26.9 Å². The van der Waals surface area contributed by atoms with Gasteiger partial charge in [-0.1, -0.05) is 12.1 Å². The van der Waals surface area contributed by atoms with Crippen molar-refractivity contribution < 1.29 is 23.7 Å². The highest BCUT2D eigenvalue weighted by Crippen LogP contribution is 2.34. The molecule has 0 unspecified atom stereocenters. The lowest BCUT2D eigenvalue weighted by Crippen LogP contribution is -2.44. The maximum atomic E-state index is 13.8. The topological polar surface area (TPSA) is 63.7 Å². The number of carbonyl (C=O) groups is 1. The average Bonchev–Trinajstić information content (AvgIpc) is 3.32. The molecule has 2 aromatic carbocycles. The molecule has 0 saturated carbocycles. The number of fused-ring (bicyclic) bond motifs is 2. The lowest BCUT2D eigenvalue weighted by Gasteiger charge is -2.31. The van der Waals surface area contributed by atoms with E-state index in [1.165, 1.54) is 0 Å². The van der Waals surface area contributed by atoms with Crippen LogP contribution in [0.25, 0.3) is 0 Å². The highest BCUT2D eigenvalue weighted by molar-refractivity contribution is 5.94. The summed E-state index contributed by atoms with van der Waals surface area (Å²) < 4.78 is 23.5. The first-order chi connectivity index (χ1) is 18.0. The molecule has 0 N–H and O–H groups in total. The van der Waals surface area contributed by atoms with E-state index in [9.17, 15) is 4.79 Å². The second kappa shape index (κ2) is 13.1.